The van der Waals surface area contributed by atoms with E-state index in [1.165, 1.54) is 37.9 Å². The largest absolute Gasteiger partial charge is 0.312 e. The van der Waals surface area contributed by atoms with Crippen LogP contribution in [0.25, 0.3) is 0 Å². The van der Waals surface area contributed by atoms with E-state index in [4.69, 9.17) is 0 Å². The van der Waals surface area contributed by atoms with Gasteiger partial charge in [0.25, 0.3) is 0 Å². The van der Waals surface area contributed by atoms with Gasteiger partial charge in [-0.05, 0) is 55.8 Å². The highest BCUT2D eigenvalue weighted by Crippen LogP contribution is 2.59. The molecule has 4 heteroatoms. The molecule has 4 fully saturated rings. The average molecular weight is 258 g/mol. The summed E-state index contributed by atoms with van der Waals surface area (Å²) >= 11 is 0. The van der Waals surface area contributed by atoms with Crippen molar-refractivity contribution >= 4 is 0 Å². The van der Waals surface area contributed by atoms with Crippen LogP contribution in [0, 0.1) is 23.7 Å². The first-order chi connectivity index (χ1) is 9.38. The topological polar surface area (TPSA) is 42.7 Å². The highest BCUT2D eigenvalue weighted by molar-refractivity contribution is 5.13. The van der Waals surface area contributed by atoms with Gasteiger partial charge < -0.3 is 9.88 Å². The van der Waals surface area contributed by atoms with Crippen molar-refractivity contribution in [3.05, 3.63) is 11.6 Å². The zero-order chi connectivity index (χ0) is 12.4. The normalized spacial score (nSPS) is 43.5. The van der Waals surface area contributed by atoms with Crippen molar-refractivity contribution in [2.75, 3.05) is 6.54 Å². The van der Waals surface area contributed by atoms with Gasteiger partial charge >= 0.3 is 0 Å². The summed E-state index contributed by atoms with van der Waals surface area (Å²) in [5, 5.41) is 12.5. The number of nitrogens with one attached hydrogen (secondary N) is 1. The van der Waals surface area contributed by atoms with E-state index in [1.54, 1.807) is 0 Å². The van der Waals surface area contributed by atoms with Crippen molar-refractivity contribution in [1.82, 2.24) is 20.1 Å². The monoisotopic (exact) mass is 258 g/mol. The molecular weight excluding hydrogens is 236 g/mol. The molecule has 6 rings (SSSR count). The van der Waals surface area contributed by atoms with Crippen molar-refractivity contribution in [3.63, 3.8) is 0 Å². The first-order valence-corrected chi connectivity index (χ1v) is 8.01. The van der Waals surface area contributed by atoms with Crippen LogP contribution in [0.4, 0.5) is 0 Å². The summed E-state index contributed by atoms with van der Waals surface area (Å²) in [5.41, 5.74) is 0. The lowest BCUT2D eigenvalue weighted by atomic mass is 9.51. The fraction of sp³-hybridized carbons (Fsp3) is 0.867. The van der Waals surface area contributed by atoms with E-state index < -0.39 is 0 Å². The van der Waals surface area contributed by atoms with Crippen LogP contribution in [0.5, 0.6) is 0 Å². The Hall–Kier alpha value is -0.900. The lowest BCUT2D eigenvalue weighted by molar-refractivity contribution is -0.00702. The summed E-state index contributed by atoms with van der Waals surface area (Å²) < 4.78 is 2.43. The third-order valence-electron chi connectivity index (χ3n) is 6.18. The van der Waals surface area contributed by atoms with Crippen LogP contribution in [-0.4, -0.2) is 21.3 Å². The van der Waals surface area contributed by atoms with Gasteiger partial charge in [0, 0.05) is 19.0 Å². The van der Waals surface area contributed by atoms with Crippen molar-refractivity contribution in [1.29, 1.82) is 0 Å². The smallest absolute Gasteiger partial charge is 0.147 e. The molecule has 1 aliphatic heterocycles. The molecule has 1 aromatic heterocycles. The number of hydrogen-bond acceptors (Lipinski definition) is 3. The van der Waals surface area contributed by atoms with Crippen LogP contribution in [0.3, 0.4) is 0 Å². The zero-order valence-electron chi connectivity index (χ0n) is 11.4. The predicted octanol–water partition coefficient (Wildman–Crippen LogP) is 1.92. The second kappa shape index (κ2) is 3.81. The Labute approximate surface area is 114 Å². The van der Waals surface area contributed by atoms with E-state index in [0.717, 1.165) is 55.0 Å². The zero-order valence-corrected chi connectivity index (χ0v) is 11.4. The Balaban J connectivity index is 1.54. The van der Waals surface area contributed by atoms with Crippen molar-refractivity contribution in [2.45, 2.75) is 51.1 Å². The third kappa shape index (κ3) is 1.49. The molecule has 0 atom stereocenters. The molecular formula is C15H22N4. The lowest BCUT2D eigenvalue weighted by Crippen LogP contribution is -2.45. The SMILES string of the molecule is C1Cn2c(nnc2C2C3CC4CC(C3)CC2C4)CN1. The van der Waals surface area contributed by atoms with Gasteiger partial charge in [-0.2, -0.15) is 0 Å². The lowest BCUT2D eigenvalue weighted by Gasteiger charge is -2.54. The van der Waals surface area contributed by atoms with Gasteiger partial charge in [-0.1, -0.05) is 0 Å². The minimum absolute atomic E-state index is 0.729. The van der Waals surface area contributed by atoms with Crippen molar-refractivity contribution < 1.29 is 0 Å². The van der Waals surface area contributed by atoms with Gasteiger partial charge in [-0.3, -0.25) is 0 Å². The molecule has 4 aliphatic carbocycles. The van der Waals surface area contributed by atoms with Gasteiger partial charge in [0.15, 0.2) is 0 Å². The Bertz CT molecular complexity index is 478. The van der Waals surface area contributed by atoms with Crippen LogP contribution in [0.2, 0.25) is 0 Å². The van der Waals surface area contributed by atoms with E-state index in [1.807, 2.05) is 0 Å². The maximum Gasteiger partial charge on any atom is 0.147 e. The van der Waals surface area contributed by atoms with Gasteiger partial charge in [0.2, 0.25) is 0 Å². The molecule has 0 radical (unpaired) electrons. The van der Waals surface area contributed by atoms with Gasteiger partial charge in [0.05, 0.1) is 6.54 Å². The molecule has 1 aromatic rings. The molecule has 0 saturated heterocycles. The molecule has 0 amide bonds. The maximum atomic E-state index is 4.62. The van der Waals surface area contributed by atoms with Crippen LogP contribution in [0.15, 0.2) is 0 Å². The molecule has 4 nitrogen and oxygen atoms in total. The summed E-state index contributed by atoms with van der Waals surface area (Å²) in [6.07, 6.45) is 7.41. The second-order valence-corrected chi connectivity index (χ2v) is 7.26. The fourth-order valence-electron chi connectivity index (χ4n) is 5.71. The Morgan fingerprint density at radius 2 is 1.68 bits per heavy atom. The standard InChI is InChI=1S/C15H22N4/c1-2-19-13(8-16-1)17-18-15(19)14-11-4-9-3-10(6-11)7-12(14)5-9/h9-12,14,16H,1-8H2. The number of rotatable bonds is 1. The van der Waals surface area contributed by atoms with Crippen LogP contribution >= 0.6 is 0 Å². The number of nitrogens with zero attached hydrogens (tertiary/aromatic N) is 3. The number of aromatic nitrogens is 3. The Kier molecular flexibility index (Phi) is 2.17. The van der Waals surface area contributed by atoms with E-state index in [9.17, 15) is 0 Å². The first kappa shape index (κ1) is 10.8. The molecule has 0 aromatic carbocycles. The summed E-state index contributed by atoms with van der Waals surface area (Å²) in [5.74, 6) is 7.15. The van der Waals surface area contributed by atoms with E-state index in [2.05, 4.69) is 20.1 Å². The highest BCUT2D eigenvalue weighted by atomic mass is 15.3. The molecule has 2 heterocycles. The van der Waals surface area contributed by atoms with Gasteiger partial charge in [0.1, 0.15) is 11.6 Å². The van der Waals surface area contributed by atoms with E-state index >= 15 is 0 Å². The van der Waals surface area contributed by atoms with E-state index in [-0.39, 0.29) is 0 Å². The summed E-state index contributed by atoms with van der Waals surface area (Å²) in [4.78, 5) is 0. The summed E-state index contributed by atoms with van der Waals surface area (Å²) in [7, 11) is 0. The minimum Gasteiger partial charge on any atom is -0.312 e. The average Bonchev–Trinajstić information content (AvgIpc) is 2.82. The molecule has 1 N–H and O–H groups in total. The van der Waals surface area contributed by atoms with Crippen LogP contribution in [-0.2, 0) is 13.1 Å². The second-order valence-electron chi connectivity index (χ2n) is 7.26. The molecule has 102 valence electrons. The van der Waals surface area contributed by atoms with Gasteiger partial charge in [-0.15, -0.1) is 10.2 Å². The molecule has 19 heavy (non-hydrogen) atoms. The molecule has 5 aliphatic rings. The molecule has 0 spiro atoms. The quantitative estimate of drug-likeness (QED) is 0.837. The minimum atomic E-state index is 0.729. The predicted molar refractivity (Wildman–Crippen MR) is 71.5 cm³/mol. The van der Waals surface area contributed by atoms with Crippen LogP contribution in [0.1, 0.15) is 49.7 Å². The fourth-order valence-corrected chi connectivity index (χ4v) is 5.71. The van der Waals surface area contributed by atoms with Crippen molar-refractivity contribution in [3.8, 4) is 0 Å². The molecule has 4 saturated carbocycles. The maximum absolute atomic E-state index is 4.62. The number of hydrogen-bond donors (Lipinski definition) is 1. The first-order valence-electron chi connectivity index (χ1n) is 8.01. The van der Waals surface area contributed by atoms with Crippen LogP contribution < -0.4 is 5.32 Å². The Morgan fingerprint density at radius 1 is 0.947 bits per heavy atom. The molecule has 4 bridgehead atoms. The van der Waals surface area contributed by atoms with Crippen molar-refractivity contribution in [2.24, 2.45) is 23.7 Å². The third-order valence-corrected chi connectivity index (χ3v) is 6.18. The van der Waals surface area contributed by atoms with E-state index in [0.29, 0.717) is 0 Å². The Morgan fingerprint density at radius 3 is 2.42 bits per heavy atom. The molecule has 0 unspecified atom stereocenters. The summed E-state index contributed by atoms with van der Waals surface area (Å²) in [6, 6.07) is 0. The van der Waals surface area contributed by atoms with Gasteiger partial charge in [-0.25, -0.2) is 0 Å². The summed E-state index contributed by atoms with van der Waals surface area (Å²) in [6.45, 7) is 3.05. The number of fused-ring (bicyclic) bond motifs is 1. The highest BCUT2D eigenvalue weighted by Gasteiger charge is 2.50.